The van der Waals surface area contributed by atoms with Crippen LogP contribution in [0.1, 0.15) is 32.3 Å². The lowest BCUT2D eigenvalue weighted by atomic mass is 9.92. The van der Waals surface area contributed by atoms with E-state index in [1.165, 1.54) is 19.5 Å². The highest BCUT2D eigenvalue weighted by atomic mass is 79.9. The van der Waals surface area contributed by atoms with Gasteiger partial charge in [-0.3, -0.25) is 0 Å². The Morgan fingerprint density at radius 2 is 1.95 bits per heavy atom. The number of piperidine rings is 1. The number of hydrogen-bond acceptors (Lipinski definition) is 2. The van der Waals surface area contributed by atoms with Crippen molar-refractivity contribution in [1.82, 2.24) is 4.90 Å². The van der Waals surface area contributed by atoms with E-state index in [1.807, 2.05) is 19.1 Å². The van der Waals surface area contributed by atoms with Crippen LogP contribution in [0, 0.1) is 18.8 Å². The summed E-state index contributed by atoms with van der Waals surface area (Å²) >= 11 is 9.76. The minimum Gasteiger partial charge on any atom is -0.491 e. The fourth-order valence-corrected chi connectivity index (χ4v) is 4.39. The second-order valence-electron chi connectivity index (χ2n) is 6.47. The third kappa shape index (κ3) is 5.15. The smallest absolute Gasteiger partial charge is 0.152 e. The van der Waals surface area contributed by atoms with E-state index in [0.29, 0.717) is 11.6 Å². The molecule has 2 atom stereocenters. The predicted molar refractivity (Wildman–Crippen MR) is 93.4 cm³/mol. The van der Waals surface area contributed by atoms with E-state index in [1.54, 1.807) is 0 Å². The summed E-state index contributed by atoms with van der Waals surface area (Å²) in [7, 11) is 0. The maximum absolute atomic E-state index is 6.24. The first-order valence-electron chi connectivity index (χ1n) is 7.76. The van der Waals surface area contributed by atoms with Gasteiger partial charge in [-0.2, -0.15) is 0 Å². The van der Waals surface area contributed by atoms with Gasteiger partial charge in [-0.15, -0.1) is 0 Å². The average Bonchev–Trinajstić information content (AvgIpc) is 2.35. The Kier molecular flexibility index (Phi) is 6.39. The highest BCUT2D eigenvalue weighted by Crippen LogP contribution is 2.34. The van der Waals surface area contributed by atoms with Crippen LogP contribution in [0.15, 0.2) is 16.6 Å². The molecule has 1 saturated heterocycles. The van der Waals surface area contributed by atoms with Crippen LogP contribution in [-0.4, -0.2) is 31.1 Å². The summed E-state index contributed by atoms with van der Waals surface area (Å²) in [6.45, 7) is 11.0. The van der Waals surface area contributed by atoms with E-state index in [2.05, 4.69) is 34.7 Å². The molecule has 1 aliphatic rings. The summed E-state index contributed by atoms with van der Waals surface area (Å²) in [4.78, 5) is 2.56. The molecule has 0 amide bonds. The summed E-state index contributed by atoms with van der Waals surface area (Å²) in [5.74, 6) is 2.40. The summed E-state index contributed by atoms with van der Waals surface area (Å²) in [5, 5.41) is 0.682. The maximum Gasteiger partial charge on any atom is 0.152 e. The summed E-state index contributed by atoms with van der Waals surface area (Å²) < 4.78 is 6.80. The number of nitrogens with zero attached hydrogens (tertiary/aromatic N) is 1. The van der Waals surface area contributed by atoms with Crippen molar-refractivity contribution in [1.29, 1.82) is 0 Å². The average molecular weight is 375 g/mol. The first-order chi connectivity index (χ1) is 9.95. The lowest BCUT2D eigenvalue weighted by Gasteiger charge is -2.34. The Balaban J connectivity index is 1.77. The maximum atomic E-state index is 6.24. The molecular weight excluding hydrogens is 350 g/mol. The Morgan fingerprint density at radius 3 is 2.57 bits per heavy atom. The van der Waals surface area contributed by atoms with Gasteiger partial charge in [0.05, 0.1) is 16.1 Å². The Hall–Kier alpha value is -0.250. The minimum absolute atomic E-state index is 0.682. The van der Waals surface area contributed by atoms with Gasteiger partial charge < -0.3 is 9.64 Å². The van der Waals surface area contributed by atoms with Gasteiger partial charge in [0.1, 0.15) is 0 Å². The molecule has 0 radical (unpaired) electrons. The highest BCUT2D eigenvalue weighted by molar-refractivity contribution is 9.10. The third-order valence-corrected chi connectivity index (χ3v) is 4.82. The van der Waals surface area contributed by atoms with Crippen molar-refractivity contribution in [2.75, 3.05) is 26.2 Å². The van der Waals surface area contributed by atoms with Gasteiger partial charge in [-0.1, -0.05) is 25.4 Å². The van der Waals surface area contributed by atoms with Gasteiger partial charge in [0.2, 0.25) is 0 Å². The van der Waals surface area contributed by atoms with Crippen LogP contribution in [-0.2, 0) is 0 Å². The quantitative estimate of drug-likeness (QED) is 0.660. The van der Waals surface area contributed by atoms with Crippen LogP contribution in [0.2, 0.25) is 5.02 Å². The van der Waals surface area contributed by atoms with Gasteiger partial charge in [0, 0.05) is 19.6 Å². The number of halogens is 2. The van der Waals surface area contributed by atoms with Gasteiger partial charge in [0.25, 0.3) is 0 Å². The van der Waals surface area contributed by atoms with Crippen molar-refractivity contribution < 1.29 is 4.74 Å². The molecule has 21 heavy (non-hydrogen) atoms. The van der Waals surface area contributed by atoms with Gasteiger partial charge in [0.15, 0.2) is 5.75 Å². The molecule has 118 valence electrons. The fourth-order valence-electron chi connectivity index (χ4n) is 3.26. The zero-order valence-electron chi connectivity index (χ0n) is 13.2. The molecule has 1 aliphatic heterocycles. The molecule has 0 N–H and O–H groups in total. The number of rotatable bonds is 5. The summed E-state index contributed by atoms with van der Waals surface area (Å²) in [5.41, 5.74) is 1.13. The fraction of sp³-hybridized carbons (Fsp3) is 0.647. The monoisotopic (exact) mass is 373 g/mol. The molecule has 0 aromatic heterocycles. The van der Waals surface area contributed by atoms with E-state index in [4.69, 9.17) is 16.3 Å². The molecule has 1 fully saturated rings. The molecule has 1 heterocycles. The second kappa shape index (κ2) is 7.85. The molecule has 0 bridgehead atoms. The first kappa shape index (κ1) is 17.1. The van der Waals surface area contributed by atoms with Crippen LogP contribution in [0.3, 0.4) is 0 Å². The van der Waals surface area contributed by atoms with Crippen LogP contribution >= 0.6 is 27.5 Å². The molecule has 2 nitrogen and oxygen atoms in total. The standard InChI is InChI=1S/C17H25BrClNO/c1-12-8-15(18)17(16(19)9-12)21-6-4-5-20-10-13(2)7-14(3)11-20/h8-9,13-14H,4-7,10-11H2,1-3H3. The SMILES string of the molecule is Cc1cc(Cl)c(OCCCN2CC(C)CC(C)C2)c(Br)c1. The zero-order valence-corrected chi connectivity index (χ0v) is 15.5. The van der Waals surface area contributed by atoms with Crippen molar-refractivity contribution >= 4 is 27.5 Å². The van der Waals surface area contributed by atoms with E-state index < -0.39 is 0 Å². The van der Waals surface area contributed by atoms with Gasteiger partial charge in [-0.25, -0.2) is 0 Å². The number of aryl methyl sites for hydroxylation is 1. The summed E-state index contributed by atoms with van der Waals surface area (Å²) in [6.07, 6.45) is 2.40. The minimum atomic E-state index is 0.682. The van der Waals surface area contributed by atoms with Crippen molar-refractivity contribution in [2.24, 2.45) is 11.8 Å². The van der Waals surface area contributed by atoms with Gasteiger partial charge in [-0.05, 0) is 65.2 Å². The largest absolute Gasteiger partial charge is 0.491 e. The lowest BCUT2D eigenvalue weighted by molar-refractivity contribution is 0.132. The summed E-state index contributed by atoms with van der Waals surface area (Å²) in [6, 6.07) is 3.98. The first-order valence-corrected chi connectivity index (χ1v) is 8.93. The van der Waals surface area contributed by atoms with Crippen LogP contribution in [0.25, 0.3) is 0 Å². The van der Waals surface area contributed by atoms with Crippen molar-refractivity contribution in [3.63, 3.8) is 0 Å². The van der Waals surface area contributed by atoms with E-state index in [-0.39, 0.29) is 0 Å². The van der Waals surface area contributed by atoms with Crippen LogP contribution in [0.4, 0.5) is 0 Å². The molecule has 1 aromatic carbocycles. The van der Waals surface area contributed by atoms with Crippen molar-refractivity contribution in [3.8, 4) is 5.75 Å². The molecular formula is C17H25BrClNO. The van der Waals surface area contributed by atoms with Crippen LogP contribution in [0.5, 0.6) is 5.75 Å². The molecule has 2 rings (SSSR count). The van der Waals surface area contributed by atoms with Crippen molar-refractivity contribution in [2.45, 2.75) is 33.6 Å². The molecule has 0 aliphatic carbocycles. The van der Waals surface area contributed by atoms with Crippen LogP contribution < -0.4 is 4.74 Å². The number of benzene rings is 1. The molecule has 1 aromatic rings. The Bertz CT molecular complexity index is 447. The van der Waals surface area contributed by atoms with E-state index in [9.17, 15) is 0 Å². The van der Waals surface area contributed by atoms with E-state index >= 15 is 0 Å². The number of hydrogen-bond donors (Lipinski definition) is 0. The molecule has 2 unspecified atom stereocenters. The van der Waals surface area contributed by atoms with Crippen molar-refractivity contribution in [3.05, 3.63) is 27.2 Å². The lowest BCUT2D eigenvalue weighted by Crippen LogP contribution is -2.39. The Morgan fingerprint density at radius 1 is 1.29 bits per heavy atom. The zero-order chi connectivity index (χ0) is 15.4. The molecule has 0 spiro atoms. The third-order valence-electron chi connectivity index (χ3n) is 3.95. The Labute approximate surface area is 141 Å². The topological polar surface area (TPSA) is 12.5 Å². The van der Waals surface area contributed by atoms with Gasteiger partial charge >= 0.3 is 0 Å². The predicted octanol–water partition coefficient (Wildman–Crippen LogP) is 5.16. The normalized spacial score (nSPS) is 23.3. The second-order valence-corrected chi connectivity index (χ2v) is 7.73. The van der Waals surface area contributed by atoms with E-state index in [0.717, 1.165) is 40.6 Å². The molecule has 4 heteroatoms. The highest BCUT2D eigenvalue weighted by Gasteiger charge is 2.21. The molecule has 0 saturated carbocycles. The number of likely N-dealkylation sites (tertiary alicyclic amines) is 1. The number of ether oxygens (including phenoxy) is 1.